The van der Waals surface area contributed by atoms with E-state index in [0.29, 0.717) is 34.9 Å². The average Bonchev–Trinajstić information content (AvgIpc) is 3.07. The van der Waals surface area contributed by atoms with Crippen molar-refractivity contribution >= 4 is 44.8 Å². The Balaban J connectivity index is 1.83. The molecule has 154 valence electrons. The van der Waals surface area contributed by atoms with Crippen molar-refractivity contribution in [2.24, 2.45) is 0 Å². The molecule has 29 heavy (non-hydrogen) atoms. The second-order valence-electron chi connectivity index (χ2n) is 6.75. The first-order chi connectivity index (χ1) is 13.7. The molecule has 2 N–H and O–H groups in total. The molecule has 2 amide bonds. The molecule has 1 heterocycles. The van der Waals surface area contributed by atoms with E-state index in [4.69, 9.17) is 11.6 Å². The van der Waals surface area contributed by atoms with Crippen LogP contribution in [0.15, 0.2) is 41.3 Å². The third kappa shape index (κ3) is 4.60. The summed E-state index contributed by atoms with van der Waals surface area (Å²) in [6.07, 6.45) is 1.29. The number of nitrogens with zero attached hydrogens (tertiary/aromatic N) is 1. The van der Waals surface area contributed by atoms with Gasteiger partial charge in [-0.3, -0.25) is 9.59 Å². The number of amides is 2. The Morgan fingerprint density at radius 1 is 1.21 bits per heavy atom. The fourth-order valence-electron chi connectivity index (χ4n) is 3.19. The van der Waals surface area contributed by atoms with Gasteiger partial charge in [-0.05, 0) is 49.2 Å². The molecule has 0 unspecified atom stereocenters. The maximum absolute atomic E-state index is 12.7. The van der Waals surface area contributed by atoms with Crippen molar-refractivity contribution in [2.45, 2.75) is 31.6 Å². The van der Waals surface area contributed by atoms with Crippen LogP contribution in [0.4, 0.5) is 11.4 Å². The summed E-state index contributed by atoms with van der Waals surface area (Å²) >= 11 is 6.32. The van der Waals surface area contributed by atoms with Gasteiger partial charge in [0.15, 0.2) is 0 Å². The van der Waals surface area contributed by atoms with Gasteiger partial charge in [-0.2, -0.15) is 0 Å². The van der Waals surface area contributed by atoms with Crippen molar-refractivity contribution < 1.29 is 18.0 Å². The number of aryl methyl sites for hydroxylation is 1. The van der Waals surface area contributed by atoms with Gasteiger partial charge >= 0.3 is 0 Å². The number of sulfonamides is 1. The van der Waals surface area contributed by atoms with E-state index in [1.54, 1.807) is 43.0 Å². The molecular formula is C20H22ClN3O4S. The van der Waals surface area contributed by atoms with Crippen LogP contribution in [-0.2, 0) is 14.8 Å². The predicted molar refractivity (Wildman–Crippen MR) is 113 cm³/mol. The number of hydrogen-bond donors (Lipinski definition) is 2. The molecule has 1 fully saturated rings. The standard InChI is InChI=1S/C20H22ClN3O4S/c1-3-22-29(27,28)15-8-6-13(2)16(12-15)20(26)23-14-7-9-18(17(21)11-14)24-10-4-5-19(24)25/h6-9,11-12,22H,3-5,10H2,1-2H3,(H,23,26). The summed E-state index contributed by atoms with van der Waals surface area (Å²) in [6.45, 7) is 4.29. The second kappa shape index (κ2) is 8.52. The van der Waals surface area contributed by atoms with Gasteiger partial charge in [-0.1, -0.05) is 24.6 Å². The van der Waals surface area contributed by atoms with Crippen LogP contribution in [0.2, 0.25) is 5.02 Å². The third-order valence-electron chi connectivity index (χ3n) is 4.67. The predicted octanol–water partition coefficient (Wildman–Crippen LogP) is 3.33. The number of nitrogens with one attached hydrogen (secondary N) is 2. The van der Waals surface area contributed by atoms with E-state index in [1.165, 1.54) is 12.1 Å². The SMILES string of the molecule is CCNS(=O)(=O)c1ccc(C)c(C(=O)Nc2ccc(N3CCCC3=O)c(Cl)c2)c1. The van der Waals surface area contributed by atoms with Crippen LogP contribution in [0.25, 0.3) is 0 Å². The van der Waals surface area contributed by atoms with Gasteiger partial charge in [0.25, 0.3) is 5.91 Å². The molecule has 0 aromatic heterocycles. The Hall–Kier alpha value is -2.42. The molecule has 9 heteroatoms. The lowest BCUT2D eigenvalue weighted by Crippen LogP contribution is -2.24. The summed E-state index contributed by atoms with van der Waals surface area (Å²) < 4.78 is 26.8. The van der Waals surface area contributed by atoms with E-state index < -0.39 is 15.9 Å². The van der Waals surface area contributed by atoms with Gasteiger partial charge in [0.1, 0.15) is 0 Å². The number of halogens is 1. The molecule has 0 radical (unpaired) electrons. The molecule has 0 aliphatic carbocycles. The van der Waals surface area contributed by atoms with E-state index in [-0.39, 0.29) is 22.9 Å². The minimum Gasteiger partial charge on any atom is -0.322 e. The minimum atomic E-state index is -3.67. The van der Waals surface area contributed by atoms with Crippen molar-refractivity contribution in [1.29, 1.82) is 0 Å². The quantitative estimate of drug-likeness (QED) is 0.727. The monoisotopic (exact) mass is 435 g/mol. The number of hydrogen-bond acceptors (Lipinski definition) is 4. The second-order valence-corrected chi connectivity index (χ2v) is 8.92. The first-order valence-electron chi connectivity index (χ1n) is 9.24. The summed E-state index contributed by atoms with van der Waals surface area (Å²) in [7, 11) is -3.67. The molecule has 1 aliphatic rings. The zero-order valence-corrected chi connectivity index (χ0v) is 17.7. The molecule has 0 saturated carbocycles. The highest BCUT2D eigenvalue weighted by Crippen LogP contribution is 2.32. The number of carbonyl (C=O) groups is 2. The molecule has 2 aromatic rings. The molecule has 0 spiro atoms. The molecule has 0 bridgehead atoms. The fraction of sp³-hybridized carbons (Fsp3) is 0.300. The van der Waals surface area contributed by atoms with Crippen LogP contribution in [0.3, 0.4) is 0 Å². The van der Waals surface area contributed by atoms with E-state index in [9.17, 15) is 18.0 Å². The Morgan fingerprint density at radius 3 is 2.59 bits per heavy atom. The largest absolute Gasteiger partial charge is 0.322 e. The molecule has 1 saturated heterocycles. The number of rotatable bonds is 6. The molecule has 0 atom stereocenters. The molecular weight excluding hydrogens is 414 g/mol. The lowest BCUT2D eigenvalue weighted by molar-refractivity contribution is -0.117. The average molecular weight is 436 g/mol. The zero-order valence-electron chi connectivity index (χ0n) is 16.2. The molecule has 2 aromatic carbocycles. The Bertz CT molecular complexity index is 1070. The number of benzene rings is 2. The maximum atomic E-state index is 12.7. The minimum absolute atomic E-state index is 0.0241. The Labute approximate surface area is 175 Å². The normalized spacial score (nSPS) is 14.3. The Morgan fingerprint density at radius 2 is 1.97 bits per heavy atom. The summed E-state index contributed by atoms with van der Waals surface area (Å²) in [5, 5.41) is 3.10. The smallest absolute Gasteiger partial charge is 0.255 e. The first-order valence-corrected chi connectivity index (χ1v) is 11.1. The summed E-state index contributed by atoms with van der Waals surface area (Å²) in [5.41, 5.74) is 1.96. The lowest BCUT2D eigenvalue weighted by atomic mass is 10.1. The van der Waals surface area contributed by atoms with Crippen LogP contribution >= 0.6 is 11.6 Å². The topological polar surface area (TPSA) is 95.6 Å². The maximum Gasteiger partial charge on any atom is 0.255 e. The summed E-state index contributed by atoms with van der Waals surface area (Å²) in [4.78, 5) is 26.3. The van der Waals surface area contributed by atoms with E-state index in [1.807, 2.05) is 0 Å². The van der Waals surface area contributed by atoms with Gasteiger partial charge in [0.2, 0.25) is 15.9 Å². The van der Waals surface area contributed by atoms with Crippen LogP contribution in [0.1, 0.15) is 35.7 Å². The third-order valence-corrected chi connectivity index (χ3v) is 6.51. The van der Waals surface area contributed by atoms with Crippen molar-refractivity contribution in [2.75, 3.05) is 23.3 Å². The number of anilines is 2. The fourth-order valence-corrected chi connectivity index (χ4v) is 4.54. The van der Waals surface area contributed by atoms with Crippen LogP contribution in [0.5, 0.6) is 0 Å². The van der Waals surface area contributed by atoms with Gasteiger partial charge in [-0.25, -0.2) is 13.1 Å². The first kappa shape index (κ1) is 21.3. The van der Waals surface area contributed by atoms with E-state index in [2.05, 4.69) is 10.0 Å². The highest BCUT2D eigenvalue weighted by Gasteiger charge is 2.24. The van der Waals surface area contributed by atoms with Crippen molar-refractivity contribution in [1.82, 2.24) is 4.72 Å². The number of carbonyl (C=O) groups excluding carboxylic acids is 2. The molecule has 1 aliphatic heterocycles. The van der Waals surface area contributed by atoms with Crippen molar-refractivity contribution in [3.05, 3.63) is 52.5 Å². The highest BCUT2D eigenvalue weighted by atomic mass is 35.5. The van der Waals surface area contributed by atoms with Gasteiger partial charge < -0.3 is 10.2 Å². The summed E-state index contributed by atoms with van der Waals surface area (Å²) in [5.74, 6) is -0.421. The molecule has 3 rings (SSSR count). The molecule has 7 nitrogen and oxygen atoms in total. The van der Waals surface area contributed by atoms with Crippen molar-refractivity contribution in [3.63, 3.8) is 0 Å². The summed E-state index contributed by atoms with van der Waals surface area (Å²) in [6, 6.07) is 9.34. The van der Waals surface area contributed by atoms with Crippen molar-refractivity contribution in [3.8, 4) is 0 Å². The van der Waals surface area contributed by atoms with E-state index >= 15 is 0 Å². The van der Waals surface area contributed by atoms with Gasteiger partial charge in [0.05, 0.1) is 15.6 Å². The highest BCUT2D eigenvalue weighted by molar-refractivity contribution is 7.89. The van der Waals surface area contributed by atoms with E-state index in [0.717, 1.165) is 6.42 Å². The lowest BCUT2D eigenvalue weighted by Gasteiger charge is -2.18. The van der Waals surface area contributed by atoms with Gasteiger partial charge in [0, 0.05) is 30.8 Å². The Kier molecular flexibility index (Phi) is 6.26. The van der Waals surface area contributed by atoms with Crippen LogP contribution < -0.4 is 14.9 Å². The van der Waals surface area contributed by atoms with Gasteiger partial charge in [-0.15, -0.1) is 0 Å². The van der Waals surface area contributed by atoms with Crippen LogP contribution in [-0.4, -0.2) is 33.3 Å². The van der Waals surface area contributed by atoms with Crippen LogP contribution in [0, 0.1) is 6.92 Å². The zero-order chi connectivity index (χ0) is 21.2.